The lowest BCUT2D eigenvalue weighted by atomic mass is 9.98. The maximum atomic E-state index is 13.5. The van der Waals surface area contributed by atoms with Crippen LogP contribution in [-0.4, -0.2) is 33.0 Å². The first-order valence-electron chi connectivity index (χ1n) is 11.8. The van der Waals surface area contributed by atoms with E-state index in [-0.39, 0.29) is 30.1 Å². The summed E-state index contributed by atoms with van der Waals surface area (Å²) in [6, 6.07) is 19.1. The minimum Gasteiger partial charge on any atom is -0.326 e. The molecule has 0 bridgehead atoms. The number of anilines is 1. The second-order valence-corrected chi connectivity index (χ2v) is 10.7. The van der Waals surface area contributed by atoms with Crippen LogP contribution in [0.1, 0.15) is 41.1 Å². The van der Waals surface area contributed by atoms with E-state index < -0.39 is 5.25 Å². The number of carbonyl (C=O) groups is 2. The molecule has 0 fully saturated rings. The monoisotopic (exact) mass is 534 g/mol. The third-order valence-corrected chi connectivity index (χ3v) is 7.65. The molecule has 0 unspecified atom stereocenters. The van der Waals surface area contributed by atoms with Gasteiger partial charge >= 0.3 is 0 Å². The van der Waals surface area contributed by atoms with Crippen LogP contribution in [-0.2, 0) is 9.59 Å². The Bertz CT molecular complexity index is 1440. The number of aliphatic imine (C=N–C) groups is 1. The van der Waals surface area contributed by atoms with E-state index in [1.165, 1.54) is 23.9 Å². The molecule has 37 heavy (non-hydrogen) atoms. The summed E-state index contributed by atoms with van der Waals surface area (Å²) >= 11 is 7.49. The van der Waals surface area contributed by atoms with E-state index in [4.69, 9.17) is 16.7 Å². The molecule has 9 heteroatoms. The summed E-state index contributed by atoms with van der Waals surface area (Å²) in [4.78, 5) is 29.8. The number of amides is 2. The van der Waals surface area contributed by atoms with Gasteiger partial charge in [-0.05, 0) is 60.9 Å². The molecule has 2 amide bonds. The number of rotatable bonds is 5. The van der Waals surface area contributed by atoms with E-state index in [0.29, 0.717) is 16.6 Å². The molecule has 2 aliphatic rings. The van der Waals surface area contributed by atoms with Gasteiger partial charge in [0.15, 0.2) is 5.17 Å². The molecule has 0 spiro atoms. The Balaban J connectivity index is 1.35. The lowest BCUT2D eigenvalue weighted by Gasteiger charge is -2.23. The highest BCUT2D eigenvalue weighted by Gasteiger charge is 2.39. The van der Waals surface area contributed by atoms with Crippen molar-refractivity contribution in [3.8, 4) is 0 Å². The number of hydrogen-bond acceptors (Lipinski definition) is 5. The first-order valence-corrected chi connectivity index (χ1v) is 13.1. The Kier molecular flexibility index (Phi) is 7.13. The molecule has 2 heterocycles. The summed E-state index contributed by atoms with van der Waals surface area (Å²) in [6.45, 7) is 3.92. The molecule has 0 saturated carbocycles. The summed E-state index contributed by atoms with van der Waals surface area (Å²) in [5, 5.41) is 9.76. The highest BCUT2D eigenvalue weighted by Crippen LogP contribution is 2.39. The third kappa shape index (κ3) is 5.60. The summed E-state index contributed by atoms with van der Waals surface area (Å²) in [6.07, 6.45) is 0.519. The SMILES string of the molecule is Cc1ccc(NC(=O)C[C@@H]2SC(N3N=C(c4ccc(F)cc4)C[C@H]3c3cccc(Cl)c3)=NC2=O)c(C)c1. The van der Waals surface area contributed by atoms with Crippen LogP contribution in [0.4, 0.5) is 10.1 Å². The Labute approximate surface area is 223 Å². The van der Waals surface area contributed by atoms with Crippen LogP contribution >= 0.6 is 23.4 Å². The van der Waals surface area contributed by atoms with Crippen molar-refractivity contribution in [2.24, 2.45) is 10.1 Å². The molecule has 2 atom stereocenters. The van der Waals surface area contributed by atoms with Crippen LogP contribution in [0.2, 0.25) is 5.02 Å². The molecule has 3 aromatic rings. The van der Waals surface area contributed by atoms with Gasteiger partial charge in [-0.1, -0.05) is 65.3 Å². The number of nitrogens with one attached hydrogen (secondary N) is 1. The van der Waals surface area contributed by atoms with Crippen LogP contribution < -0.4 is 5.32 Å². The molecule has 2 aliphatic heterocycles. The number of benzene rings is 3. The van der Waals surface area contributed by atoms with Crippen molar-refractivity contribution in [1.29, 1.82) is 0 Å². The maximum Gasteiger partial charge on any atom is 0.262 e. The van der Waals surface area contributed by atoms with E-state index >= 15 is 0 Å². The molecule has 0 aliphatic carbocycles. The van der Waals surface area contributed by atoms with Crippen molar-refractivity contribution in [3.63, 3.8) is 0 Å². The summed E-state index contributed by atoms with van der Waals surface area (Å²) in [7, 11) is 0. The van der Waals surface area contributed by atoms with Crippen molar-refractivity contribution in [1.82, 2.24) is 5.01 Å². The quantitative estimate of drug-likeness (QED) is 0.418. The molecule has 188 valence electrons. The predicted molar refractivity (Wildman–Crippen MR) is 147 cm³/mol. The smallest absolute Gasteiger partial charge is 0.262 e. The summed E-state index contributed by atoms with van der Waals surface area (Å²) in [5.41, 5.74) is 5.24. The minimum absolute atomic E-state index is 0.00593. The predicted octanol–water partition coefficient (Wildman–Crippen LogP) is 6.27. The molecular weight excluding hydrogens is 511 g/mol. The average Bonchev–Trinajstić information content (AvgIpc) is 3.45. The third-order valence-electron chi connectivity index (χ3n) is 6.27. The number of hydrazone groups is 1. The van der Waals surface area contributed by atoms with Gasteiger partial charge in [-0.25, -0.2) is 9.40 Å². The fraction of sp³-hybridized carbons (Fsp3) is 0.214. The van der Waals surface area contributed by atoms with E-state index in [0.717, 1.165) is 33.7 Å². The van der Waals surface area contributed by atoms with E-state index in [9.17, 15) is 14.0 Å². The van der Waals surface area contributed by atoms with Crippen LogP contribution in [0.3, 0.4) is 0 Å². The van der Waals surface area contributed by atoms with Crippen molar-refractivity contribution < 1.29 is 14.0 Å². The van der Waals surface area contributed by atoms with Crippen molar-refractivity contribution in [2.45, 2.75) is 38.0 Å². The lowest BCUT2D eigenvalue weighted by Crippen LogP contribution is -2.25. The van der Waals surface area contributed by atoms with Gasteiger partial charge in [-0.15, -0.1) is 0 Å². The highest BCUT2D eigenvalue weighted by atomic mass is 35.5. The number of carbonyl (C=O) groups excluding carboxylic acids is 2. The number of amidine groups is 1. The standard InChI is InChI=1S/C28H24ClFN4O2S/c1-16-6-11-22(17(2)12-16)31-26(35)15-25-27(36)32-28(37-25)34-24(19-4-3-5-20(29)13-19)14-23(33-34)18-7-9-21(30)10-8-18/h3-13,24-25H,14-15H2,1-2H3,(H,31,35)/t24-,25-/m0/s1. The minimum atomic E-state index is -0.647. The second kappa shape index (κ2) is 10.5. The lowest BCUT2D eigenvalue weighted by molar-refractivity contribution is -0.121. The summed E-state index contributed by atoms with van der Waals surface area (Å²) in [5.74, 6) is -0.947. The van der Waals surface area contributed by atoms with Crippen LogP contribution in [0, 0.1) is 19.7 Å². The highest BCUT2D eigenvalue weighted by molar-refractivity contribution is 8.15. The van der Waals surface area contributed by atoms with Gasteiger partial charge in [0.05, 0.1) is 11.8 Å². The van der Waals surface area contributed by atoms with E-state index in [2.05, 4.69) is 10.3 Å². The van der Waals surface area contributed by atoms with Crippen molar-refractivity contribution in [2.75, 3.05) is 5.32 Å². The molecule has 0 radical (unpaired) electrons. The van der Waals surface area contributed by atoms with Gasteiger partial charge in [0, 0.05) is 23.6 Å². The van der Waals surface area contributed by atoms with Crippen molar-refractivity contribution >= 4 is 51.7 Å². The summed E-state index contributed by atoms with van der Waals surface area (Å²) < 4.78 is 13.5. The van der Waals surface area contributed by atoms with Gasteiger partial charge in [-0.3, -0.25) is 9.59 Å². The number of nitrogens with zero attached hydrogens (tertiary/aromatic N) is 3. The fourth-order valence-electron chi connectivity index (χ4n) is 4.40. The zero-order chi connectivity index (χ0) is 26.1. The number of hydrogen-bond donors (Lipinski definition) is 1. The first kappa shape index (κ1) is 25.2. The van der Waals surface area contributed by atoms with Crippen LogP contribution in [0.5, 0.6) is 0 Å². The number of aryl methyl sites for hydroxylation is 2. The Morgan fingerprint density at radius 1 is 1.14 bits per heavy atom. The molecule has 0 aromatic heterocycles. The molecule has 5 rings (SSSR count). The van der Waals surface area contributed by atoms with Crippen LogP contribution in [0.25, 0.3) is 0 Å². The normalized spacial score (nSPS) is 19.1. The topological polar surface area (TPSA) is 74.1 Å². The van der Waals surface area contributed by atoms with Gasteiger partial charge < -0.3 is 5.32 Å². The second-order valence-electron chi connectivity index (χ2n) is 9.08. The zero-order valence-electron chi connectivity index (χ0n) is 20.2. The van der Waals surface area contributed by atoms with Gasteiger partial charge in [0.1, 0.15) is 11.1 Å². The molecule has 0 saturated heterocycles. The number of halogens is 2. The van der Waals surface area contributed by atoms with E-state index in [1.54, 1.807) is 23.2 Å². The van der Waals surface area contributed by atoms with Gasteiger partial charge in [0.25, 0.3) is 5.91 Å². The zero-order valence-corrected chi connectivity index (χ0v) is 21.8. The fourth-order valence-corrected chi connectivity index (χ4v) is 5.67. The Hall–Kier alpha value is -3.49. The largest absolute Gasteiger partial charge is 0.326 e. The molecule has 6 nitrogen and oxygen atoms in total. The van der Waals surface area contributed by atoms with E-state index in [1.807, 2.05) is 50.2 Å². The Morgan fingerprint density at radius 3 is 2.65 bits per heavy atom. The molecule has 3 aromatic carbocycles. The van der Waals surface area contributed by atoms with Gasteiger partial charge in [0.2, 0.25) is 5.91 Å². The van der Waals surface area contributed by atoms with Gasteiger partial charge in [-0.2, -0.15) is 10.1 Å². The maximum absolute atomic E-state index is 13.5. The molecule has 1 N–H and O–H groups in total. The van der Waals surface area contributed by atoms with Crippen LogP contribution in [0.15, 0.2) is 76.8 Å². The van der Waals surface area contributed by atoms with Crippen molar-refractivity contribution in [3.05, 3.63) is 99.8 Å². The Morgan fingerprint density at radius 2 is 1.92 bits per heavy atom. The number of thioether (sulfide) groups is 1. The first-order chi connectivity index (χ1) is 17.8. The average molecular weight is 535 g/mol. The molecular formula is C28H24ClFN4O2S.